The van der Waals surface area contributed by atoms with Gasteiger partial charge in [-0.1, -0.05) is 11.3 Å². The highest BCUT2D eigenvalue weighted by Gasteiger charge is 2.12. The summed E-state index contributed by atoms with van der Waals surface area (Å²) in [5, 5.41) is 16.5. The number of hydrogen-bond acceptors (Lipinski definition) is 4. The zero-order valence-electron chi connectivity index (χ0n) is 10.1. The largest absolute Gasteiger partial charge is 0.497 e. The van der Waals surface area contributed by atoms with E-state index in [4.69, 9.17) is 9.84 Å². The smallest absolute Gasteiger partial charge is 0.309 e. The summed E-state index contributed by atoms with van der Waals surface area (Å²) in [5.74, 6) is -0.230. The Morgan fingerprint density at radius 3 is 2.94 bits per heavy atom. The molecule has 1 aromatic heterocycles. The van der Waals surface area contributed by atoms with Crippen LogP contribution in [0.4, 0.5) is 0 Å². The van der Waals surface area contributed by atoms with Crippen LogP contribution in [0.3, 0.4) is 0 Å². The second kappa shape index (κ2) is 4.87. The van der Waals surface area contributed by atoms with E-state index in [2.05, 4.69) is 10.3 Å². The maximum absolute atomic E-state index is 10.8. The van der Waals surface area contributed by atoms with Gasteiger partial charge in [-0.05, 0) is 18.6 Å². The number of hydrogen-bond donors (Lipinski definition) is 1. The van der Waals surface area contributed by atoms with Gasteiger partial charge in [0.15, 0.2) is 0 Å². The highest BCUT2D eigenvalue weighted by molar-refractivity contribution is 5.69. The Bertz CT molecular complexity index is 578. The summed E-state index contributed by atoms with van der Waals surface area (Å²) in [6.07, 6.45) is 1.33. The lowest BCUT2D eigenvalue weighted by Gasteiger charge is -2.09. The summed E-state index contributed by atoms with van der Waals surface area (Å²) in [5.41, 5.74) is 2.26. The number of carboxylic acids is 1. The van der Waals surface area contributed by atoms with Crippen LogP contribution in [0.1, 0.15) is 11.3 Å². The van der Waals surface area contributed by atoms with Crippen molar-refractivity contribution in [3.63, 3.8) is 0 Å². The van der Waals surface area contributed by atoms with Crippen molar-refractivity contribution in [2.75, 3.05) is 7.11 Å². The van der Waals surface area contributed by atoms with Crippen molar-refractivity contribution in [2.24, 2.45) is 0 Å². The number of methoxy groups -OCH3 is 1. The molecular weight excluding hydrogens is 234 g/mol. The van der Waals surface area contributed by atoms with Crippen molar-refractivity contribution >= 4 is 5.97 Å². The van der Waals surface area contributed by atoms with Crippen molar-refractivity contribution in [3.05, 3.63) is 35.7 Å². The lowest BCUT2D eigenvalue weighted by atomic mass is 10.2. The normalized spacial score (nSPS) is 10.3. The van der Waals surface area contributed by atoms with Crippen LogP contribution in [0.5, 0.6) is 5.75 Å². The third-order valence-electron chi connectivity index (χ3n) is 2.60. The predicted molar refractivity (Wildman–Crippen MR) is 64.0 cm³/mol. The topological polar surface area (TPSA) is 77.2 Å². The van der Waals surface area contributed by atoms with E-state index < -0.39 is 5.97 Å². The average molecular weight is 247 g/mol. The Balaban J connectivity index is 2.48. The lowest BCUT2D eigenvalue weighted by Crippen LogP contribution is -2.09. The number of carboxylic acid groups (broad SMARTS) is 1. The second-order valence-electron chi connectivity index (χ2n) is 3.86. The van der Waals surface area contributed by atoms with Crippen LogP contribution < -0.4 is 4.74 Å². The molecule has 2 aromatic rings. The fraction of sp³-hybridized carbons (Fsp3) is 0.250. The van der Waals surface area contributed by atoms with Crippen LogP contribution in [0.15, 0.2) is 24.4 Å². The molecule has 6 nitrogen and oxygen atoms in total. The van der Waals surface area contributed by atoms with Crippen molar-refractivity contribution in [1.29, 1.82) is 0 Å². The van der Waals surface area contributed by atoms with Gasteiger partial charge < -0.3 is 9.84 Å². The summed E-state index contributed by atoms with van der Waals surface area (Å²) in [7, 11) is 1.58. The molecule has 0 aliphatic carbocycles. The number of benzene rings is 1. The Labute approximate surface area is 104 Å². The van der Waals surface area contributed by atoms with Crippen LogP contribution in [0.25, 0.3) is 5.69 Å². The van der Waals surface area contributed by atoms with Crippen LogP contribution in [0.2, 0.25) is 0 Å². The third kappa shape index (κ3) is 2.32. The first-order valence-electron chi connectivity index (χ1n) is 5.38. The summed E-state index contributed by atoms with van der Waals surface area (Å²) in [6.45, 7) is 1.92. The van der Waals surface area contributed by atoms with Crippen molar-refractivity contribution in [3.8, 4) is 11.4 Å². The molecule has 2 rings (SSSR count). The quantitative estimate of drug-likeness (QED) is 0.878. The van der Waals surface area contributed by atoms with E-state index in [-0.39, 0.29) is 6.42 Å². The van der Waals surface area contributed by atoms with Gasteiger partial charge in [-0.3, -0.25) is 4.79 Å². The van der Waals surface area contributed by atoms with Gasteiger partial charge in [0, 0.05) is 6.07 Å². The molecule has 18 heavy (non-hydrogen) atoms. The van der Waals surface area contributed by atoms with E-state index in [1.54, 1.807) is 13.2 Å². The molecule has 0 unspecified atom stereocenters. The summed E-state index contributed by atoms with van der Waals surface area (Å²) < 4.78 is 6.67. The van der Waals surface area contributed by atoms with Crippen molar-refractivity contribution < 1.29 is 14.6 Å². The Kier molecular flexibility index (Phi) is 3.27. The van der Waals surface area contributed by atoms with Crippen LogP contribution in [-0.2, 0) is 11.2 Å². The van der Waals surface area contributed by atoms with Gasteiger partial charge in [-0.15, -0.1) is 5.10 Å². The molecule has 0 saturated carbocycles. The van der Waals surface area contributed by atoms with Gasteiger partial charge in [0.2, 0.25) is 0 Å². The number of rotatable bonds is 4. The van der Waals surface area contributed by atoms with E-state index in [1.165, 1.54) is 10.9 Å². The number of carbonyl (C=O) groups is 1. The van der Waals surface area contributed by atoms with E-state index in [1.807, 2.05) is 19.1 Å². The Hall–Kier alpha value is -2.37. The fourth-order valence-electron chi connectivity index (χ4n) is 1.68. The van der Waals surface area contributed by atoms with Gasteiger partial charge in [0.05, 0.1) is 31.1 Å². The molecule has 6 heteroatoms. The van der Waals surface area contributed by atoms with Crippen molar-refractivity contribution in [2.45, 2.75) is 13.3 Å². The minimum Gasteiger partial charge on any atom is -0.497 e. The zero-order valence-corrected chi connectivity index (χ0v) is 10.1. The van der Waals surface area contributed by atoms with Gasteiger partial charge in [0.1, 0.15) is 5.75 Å². The monoisotopic (exact) mass is 247 g/mol. The SMILES string of the molecule is COc1ccc(C)c(-n2nncc2CC(=O)O)c1. The Morgan fingerprint density at radius 1 is 1.50 bits per heavy atom. The summed E-state index contributed by atoms with van der Waals surface area (Å²) in [4.78, 5) is 10.8. The highest BCUT2D eigenvalue weighted by Crippen LogP contribution is 2.21. The highest BCUT2D eigenvalue weighted by atomic mass is 16.5. The minimum absolute atomic E-state index is 0.121. The van der Waals surface area contributed by atoms with E-state index in [0.717, 1.165) is 11.3 Å². The number of aryl methyl sites for hydroxylation is 1. The molecule has 1 N–H and O–H groups in total. The van der Waals surface area contributed by atoms with Crippen molar-refractivity contribution in [1.82, 2.24) is 15.0 Å². The first-order chi connectivity index (χ1) is 8.61. The molecule has 0 spiro atoms. The molecular formula is C12H13N3O3. The molecule has 94 valence electrons. The van der Waals surface area contributed by atoms with Crippen LogP contribution in [-0.4, -0.2) is 33.2 Å². The standard InChI is InChI=1S/C12H13N3O3/c1-8-3-4-10(18-2)6-11(8)15-9(5-12(16)17)7-13-14-15/h3-4,6-7H,5H2,1-2H3,(H,16,17). The fourth-order valence-corrected chi connectivity index (χ4v) is 1.68. The molecule has 0 radical (unpaired) electrons. The number of aromatic nitrogens is 3. The molecule has 1 heterocycles. The molecule has 0 aliphatic heterocycles. The minimum atomic E-state index is -0.918. The van der Waals surface area contributed by atoms with Gasteiger partial charge in [-0.2, -0.15) is 0 Å². The van der Waals surface area contributed by atoms with E-state index in [0.29, 0.717) is 11.4 Å². The first kappa shape index (κ1) is 12.1. The maximum Gasteiger partial charge on any atom is 0.309 e. The molecule has 0 fully saturated rings. The predicted octanol–water partition coefficient (Wildman–Crippen LogP) is 1.21. The number of nitrogens with zero attached hydrogens (tertiary/aromatic N) is 3. The van der Waals surface area contributed by atoms with Crippen LogP contribution >= 0.6 is 0 Å². The average Bonchev–Trinajstić information content (AvgIpc) is 2.77. The lowest BCUT2D eigenvalue weighted by molar-refractivity contribution is -0.136. The summed E-state index contributed by atoms with van der Waals surface area (Å²) in [6, 6.07) is 5.53. The first-order valence-corrected chi connectivity index (χ1v) is 5.38. The maximum atomic E-state index is 10.8. The van der Waals surface area contributed by atoms with Gasteiger partial charge >= 0.3 is 5.97 Å². The molecule has 1 aromatic carbocycles. The third-order valence-corrected chi connectivity index (χ3v) is 2.60. The zero-order chi connectivity index (χ0) is 13.1. The molecule has 0 atom stereocenters. The van der Waals surface area contributed by atoms with Gasteiger partial charge in [-0.25, -0.2) is 4.68 Å². The molecule has 0 aliphatic rings. The molecule has 0 saturated heterocycles. The molecule has 0 amide bonds. The van der Waals surface area contributed by atoms with Gasteiger partial charge in [0.25, 0.3) is 0 Å². The number of ether oxygens (including phenoxy) is 1. The summed E-state index contributed by atoms with van der Waals surface area (Å²) >= 11 is 0. The number of aliphatic carboxylic acids is 1. The van der Waals surface area contributed by atoms with Crippen LogP contribution in [0, 0.1) is 6.92 Å². The van der Waals surface area contributed by atoms with E-state index >= 15 is 0 Å². The molecule has 0 bridgehead atoms. The second-order valence-corrected chi connectivity index (χ2v) is 3.86. The van der Waals surface area contributed by atoms with E-state index in [9.17, 15) is 4.79 Å². The Morgan fingerprint density at radius 2 is 2.28 bits per heavy atom.